The number of amides is 1. The van der Waals surface area contributed by atoms with Crippen LogP contribution in [0.2, 0.25) is 0 Å². The summed E-state index contributed by atoms with van der Waals surface area (Å²) < 4.78 is 0. The molecule has 2 N–H and O–H groups in total. The Morgan fingerprint density at radius 3 is 2.56 bits per heavy atom. The second-order valence-corrected chi connectivity index (χ2v) is 5.57. The van der Waals surface area contributed by atoms with Gasteiger partial charge in [0.1, 0.15) is 0 Å². The molecule has 0 radical (unpaired) electrons. The topological polar surface area (TPSA) is 49.3 Å². The molecular weight excluding hydrogens is 202 g/mol. The second kappa shape index (κ2) is 6.24. The Kier molecular flexibility index (Phi) is 5.26. The van der Waals surface area contributed by atoms with E-state index >= 15 is 0 Å². The van der Waals surface area contributed by atoms with Crippen LogP contribution in [0.1, 0.15) is 40.0 Å². The Bertz CT molecular complexity index is 228. The number of aliphatic hydroxyl groups is 1. The Morgan fingerprint density at radius 1 is 1.50 bits per heavy atom. The first-order valence-corrected chi connectivity index (χ1v) is 6.43. The number of carbonyl (C=O) groups excluding carboxylic acids is 1. The molecule has 1 fully saturated rings. The largest absolute Gasteiger partial charge is 0.396 e. The van der Waals surface area contributed by atoms with Gasteiger partial charge in [0.15, 0.2) is 0 Å². The molecule has 0 aromatic carbocycles. The molecule has 1 aliphatic carbocycles. The third-order valence-electron chi connectivity index (χ3n) is 3.35. The van der Waals surface area contributed by atoms with E-state index in [4.69, 9.17) is 5.11 Å². The zero-order chi connectivity index (χ0) is 12.1. The van der Waals surface area contributed by atoms with Crippen LogP contribution < -0.4 is 5.32 Å². The second-order valence-electron chi connectivity index (χ2n) is 5.57. The molecule has 0 bridgehead atoms. The molecule has 0 aromatic rings. The molecule has 3 heteroatoms. The molecule has 0 aliphatic heterocycles. The molecule has 3 atom stereocenters. The quantitative estimate of drug-likeness (QED) is 0.697. The third kappa shape index (κ3) is 4.52. The highest BCUT2D eigenvalue weighted by Gasteiger charge is 2.38. The van der Waals surface area contributed by atoms with E-state index in [1.165, 1.54) is 0 Å². The van der Waals surface area contributed by atoms with Crippen LogP contribution >= 0.6 is 0 Å². The monoisotopic (exact) mass is 227 g/mol. The van der Waals surface area contributed by atoms with Gasteiger partial charge >= 0.3 is 0 Å². The number of carbonyl (C=O) groups is 1. The highest BCUT2D eigenvalue weighted by Crippen LogP contribution is 2.37. The molecule has 16 heavy (non-hydrogen) atoms. The van der Waals surface area contributed by atoms with Crippen molar-refractivity contribution in [1.29, 1.82) is 0 Å². The summed E-state index contributed by atoms with van der Waals surface area (Å²) in [7, 11) is 0. The van der Waals surface area contributed by atoms with Crippen LogP contribution in [-0.4, -0.2) is 24.2 Å². The highest BCUT2D eigenvalue weighted by molar-refractivity contribution is 5.81. The SMILES string of the molecule is CC(C)CC(CCO)CNC(=O)C1CC1C. The summed E-state index contributed by atoms with van der Waals surface area (Å²) in [4.78, 5) is 11.6. The molecule has 1 amide bonds. The minimum Gasteiger partial charge on any atom is -0.396 e. The van der Waals surface area contributed by atoms with Gasteiger partial charge in [0.05, 0.1) is 0 Å². The maximum Gasteiger partial charge on any atom is 0.223 e. The predicted octanol–water partition coefficient (Wildman–Crippen LogP) is 1.80. The normalized spacial score (nSPS) is 25.6. The Morgan fingerprint density at radius 2 is 2.12 bits per heavy atom. The summed E-state index contributed by atoms with van der Waals surface area (Å²) in [5.41, 5.74) is 0. The van der Waals surface area contributed by atoms with Crippen molar-refractivity contribution < 1.29 is 9.90 Å². The summed E-state index contributed by atoms with van der Waals surface area (Å²) in [6.45, 7) is 7.40. The molecule has 1 rings (SSSR count). The van der Waals surface area contributed by atoms with Gasteiger partial charge in [0, 0.05) is 19.1 Å². The fourth-order valence-electron chi connectivity index (χ4n) is 2.22. The van der Waals surface area contributed by atoms with Gasteiger partial charge in [-0.15, -0.1) is 0 Å². The Balaban J connectivity index is 2.23. The van der Waals surface area contributed by atoms with Crippen LogP contribution in [0.3, 0.4) is 0 Å². The fourth-order valence-corrected chi connectivity index (χ4v) is 2.22. The van der Waals surface area contributed by atoms with E-state index in [1.807, 2.05) is 0 Å². The fraction of sp³-hybridized carbons (Fsp3) is 0.923. The van der Waals surface area contributed by atoms with Crippen LogP contribution in [0, 0.1) is 23.7 Å². The van der Waals surface area contributed by atoms with Crippen LogP contribution in [0.15, 0.2) is 0 Å². The van der Waals surface area contributed by atoms with Gasteiger partial charge in [-0.05, 0) is 37.0 Å². The van der Waals surface area contributed by atoms with E-state index in [9.17, 15) is 4.79 Å². The first-order valence-electron chi connectivity index (χ1n) is 6.43. The maximum absolute atomic E-state index is 11.6. The van der Waals surface area contributed by atoms with E-state index in [0.717, 1.165) is 25.8 Å². The van der Waals surface area contributed by atoms with Crippen molar-refractivity contribution in [2.24, 2.45) is 23.7 Å². The molecule has 3 unspecified atom stereocenters. The average molecular weight is 227 g/mol. The van der Waals surface area contributed by atoms with Crippen molar-refractivity contribution in [3.63, 3.8) is 0 Å². The Hall–Kier alpha value is -0.570. The lowest BCUT2D eigenvalue weighted by Crippen LogP contribution is -2.31. The predicted molar refractivity (Wildman–Crippen MR) is 64.9 cm³/mol. The zero-order valence-electron chi connectivity index (χ0n) is 10.7. The smallest absolute Gasteiger partial charge is 0.223 e. The third-order valence-corrected chi connectivity index (χ3v) is 3.35. The standard InChI is InChI=1S/C13H25NO2/c1-9(2)6-11(4-5-15)8-14-13(16)12-7-10(12)3/h9-12,15H,4-8H2,1-3H3,(H,14,16). The number of hydrogen-bond acceptors (Lipinski definition) is 2. The van der Waals surface area contributed by atoms with Gasteiger partial charge in [0.25, 0.3) is 0 Å². The van der Waals surface area contributed by atoms with E-state index < -0.39 is 0 Å². The van der Waals surface area contributed by atoms with Crippen LogP contribution in [-0.2, 0) is 4.79 Å². The number of aliphatic hydroxyl groups excluding tert-OH is 1. The molecule has 0 aromatic heterocycles. The number of rotatable bonds is 7. The van der Waals surface area contributed by atoms with E-state index in [-0.39, 0.29) is 18.4 Å². The molecule has 0 heterocycles. The van der Waals surface area contributed by atoms with Crippen molar-refractivity contribution in [2.45, 2.75) is 40.0 Å². The first kappa shape index (κ1) is 13.5. The number of nitrogens with one attached hydrogen (secondary N) is 1. The summed E-state index contributed by atoms with van der Waals surface area (Å²) in [6.07, 6.45) is 2.90. The summed E-state index contributed by atoms with van der Waals surface area (Å²) in [5, 5.41) is 12.0. The van der Waals surface area contributed by atoms with Gasteiger partial charge in [-0.3, -0.25) is 4.79 Å². The van der Waals surface area contributed by atoms with E-state index in [0.29, 0.717) is 17.8 Å². The van der Waals surface area contributed by atoms with Gasteiger partial charge in [0.2, 0.25) is 5.91 Å². The minimum atomic E-state index is 0.208. The average Bonchev–Trinajstić information content (AvgIpc) is 2.91. The van der Waals surface area contributed by atoms with E-state index in [2.05, 4.69) is 26.1 Å². The maximum atomic E-state index is 11.6. The summed E-state index contributed by atoms with van der Waals surface area (Å²) in [6, 6.07) is 0. The van der Waals surface area contributed by atoms with Crippen molar-refractivity contribution >= 4 is 5.91 Å². The Labute approximate surface area is 98.6 Å². The summed E-state index contributed by atoms with van der Waals surface area (Å²) in [5.74, 6) is 2.07. The van der Waals surface area contributed by atoms with Crippen LogP contribution in [0.5, 0.6) is 0 Å². The van der Waals surface area contributed by atoms with Gasteiger partial charge in [-0.1, -0.05) is 20.8 Å². The lowest BCUT2D eigenvalue weighted by molar-refractivity contribution is -0.122. The molecule has 3 nitrogen and oxygen atoms in total. The van der Waals surface area contributed by atoms with Gasteiger partial charge in [-0.2, -0.15) is 0 Å². The molecular formula is C13H25NO2. The minimum absolute atomic E-state index is 0.208. The van der Waals surface area contributed by atoms with Gasteiger partial charge in [-0.25, -0.2) is 0 Å². The molecule has 94 valence electrons. The highest BCUT2D eigenvalue weighted by atomic mass is 16.3. The molecule has 1 aliphatic rings. The lowest BCUT2D eigenvalue weighted by Gasteiger charge is -2.18. The van der Waals surface area contributed by atoms with Crippen molar-refractivity contribution in [1.82, 2.24) is 5.32 Å². The molecule has 1 saturated carbocycles. The molecule has 0 saturated heterocycles. The van der Waals surface area contributed by atoms with Crippen molar-refractivity contribution in [3.8, 4) is 0 Å². The number of hydrogen-bond donors (Lipinski definition) is 2. The zero-order valence-corrected chi connectivity index (χ0v) is 10.7. The molecule has 0 spiro atoms. The van der Waals surface area contributed by atoms with Gasteiger partial charge < -0.3 is 10.4 Å². The van der Waals surface area contributed by atoms with Crippen LogP contribution in [0.25, 0.3) is 0 Å². The van der Waals surface area contributed by atoms with E-state index in [1.54, 1.807) is 0 Å². The first-order chi connectivity index (χ1) is 7.54. The van der Waals surface area contributed by atoms with Crippen LogP contribution in [0.4, 0.5) is 0 Å². The summed E-state index contributed by atoms with van der Waals surface area (Å²) >= 11 is 0. The lowest BCUT2D eigenvalue weighted by atomic mass is 9.94. The van der Waals surface area contributed by atoms with Crippen molar-refractivity contribution in [3.05, 3.63) is 0 Å². The van der Waals surface area contributed by atoms with Crippen molar-refractivity contribution in [2.75, 3.05) is 13.2 Å².